The summed E-state index contributed by atoms with van der Waals surface area (Å²) in [7, 11) is 3.99. The van der Waals surface area contributed by atoms with Gasteiger partial charge in [-0.05, 0) is 34.9 Å². The lowest BCUT2D eigenvalue weighted by Crippen LogP contribution is -2.55. The Labute approximate surface area is 109 Å². The first-order chi connectivity index (χ1) is 8.28. The Morgan fingerprint density at radius 1 is 1.56 bits per heavy atom. The molecule has 5 heteroatoms. The van der Waals surface area contributed by atoms with Crippen LogP contribution in [0.5, 0.6) is 0 Å². The van der Waals surface area contributed by atoms with Gasteiger partial charge < -0.3 is 14.7 Å². The van der Waals surface area contributed by atoms with Gasteiger partial charge in [0.25, 0.3) is 5.91 Å². The topological polar surface area (TPSA) is 58.4 Å². The minimum Gasteiger partial charge on any atom is -0.361 e. The highest BCUT2D eigenvalue weighted by atomic mass is 16.5. The molecule has 1 atom stereocenters. The summed E-state index contributed by atoms with van der Waals surface area (Å²) in [6.07, 6.45) is 0.735. The standard InChI is InChI=1S/C13H23N3O2/c1-7-10-8-11(15-18-10)12(17)14-9(2)13(3,4)16(5)6/h8-9H,7H2,1-6H3,(H,14,17). The lowest BCUT2D eigenvalue weighted by atomic mass is 9.94. The molecule has 1 rings (SSSR count). The van der Waals surface area contributed by atoms with Gasteiger partial charge in [-0.15, -0.1) is 0 Å². The second kappa shape index (κ2) is 5.52. The lowest BCUT2D eigenvalue weighted by molar-refractivity contribution is 0.0851. The van der Waals surface area contributed by atoms with E-state index < -0.39 is 0 Å². The van der Waals surface area contributed by atoms with Crippen LogP contribution in [0.4, 0.5) is 0 Å². The molecule has 1 N–H and O–H groups in total. The summed E-state index contributed by atoms with van der Waals surface area (Å²) in [6, 6.07) is 1.69. The minimum atomic E-state index is -0.194. The molecule has 0 aromatic carbocycles. The second-order valence-corrected chi connectivity index (χ2v) is 5.28. The number of aromatic nitrogens is 1. The molecule has 5 nitrogen and oxygen atoms in total. The number of hydrogen-bond acceptors (Lipinski definition) is 4. The van der Waals surface area contributed by atoms with Crippen LogP contribution in [0.15, 0.2) is 10.6 Å². The molecule has 18 heavy (non-hydrogen) atoms. The third-order valence-corrected chi connectivity index (χ3v) is 3.70. The molecule has 0 spiro atoms. The summed E-state index contributed by atoms with van der Waals surface area (Å²) in [5, 5.41) is 6.72. The molecule has 0 aliphatic carbocycles. The average Bonchev–Trinajstić information content (AvgIpc) is 2.77. The highest BCUT2D eigenvalue weighted by Gasteiger charge is 2.30. The van der Waals surface area contributed by atoms with Crippen molar-refractivity contribution in [2.45, 2.75) is 45.7 Å². The number of carbonyl (C=O) groups excluding carboxylic acids is 1. The van der Waals surface area contributed by atoms with Crippen molar-refractivity contribution in [1.29, 1.82) is 0 Å². The minimum absolute atomic E-state index is 0.00164. The molecular weight excluding hydrogens is 230 g/mol. The maximum Gasteiger partial charge on any atom is 0.273 e. The van der Waals surface area contributed by atoms with Gasteiger partial charge in [-0.2, -0.15) is 0 Å². The number of rotatable bonds is 5. The van der Waals surface area contributed by atoms with E-state index in [4.69, 9.17) is 4.52 Å². The van der Waals surface area contributed by atoms with Gasteiger partial charge in [0.1, 0.15) is 5.76 Å². The molecular formula is C13H23N3O2. The van der Waals surface area contributed by atoms with Crippen LogP contribution in [-0.2, 0) is 6.42 Å². The van der Waals surface area contributed by atoms with Gasteiger partial charge in [0.2, 0.25) is 0 Å². The maximum atomic E-state index is 12.0. The fourth-order valence-electron chi connectivity index (χ4n) is 1.42. The zero-order valence-corrected chi connectivity index (χ0v) is 12.1. The third kappa shape index (κ3) is 3.10. The summed E-state index contributed by atoms with van der Waals surface area (Å²) in [5.74, 6) is 0.528. The number of hydrogen-bond donors (Lipinski definition) is 1. The first-order valence-electron chi connectivity index (χ1n) is 6.23. The van der Waals surface area contributed by atoms with Gasteiger partial charge in [-0.25, -0.2) is 0 Å². The van der Waals surface area contributed by atoms with Crippen molar-refractivity contribution >= 4 is 5.91 Å². The van der Waals surface area contributed by atoms with E-state index in [9.17, 15) is 4.79 Å². The first kappa shape index (κ1) is 14.7. The van der Waals surface area contributed by atoms with Crippen LogP contribution >= 0.6 is 0 Å². The van der Waals surface area contributed by atoms with Crippen LogP contribution < -0.4 is 5.32 Å². The smallest absolute Gasteiger partial charge is 0.273 e. The molecule has 1 amide bonds. The quantitative estimate of drug-likeness (QED) is 0.867. The van der Waals surface area contributed by atoms with Gasteiger partial charge in [-0.3, -0.25) is 4.79 Å². The number of carbonyl (C=O) groups is 1. The molecule has 0 bridgehead atoms. The van der Waals surface area contributed by atoms with Crippen molar-refractivity contribution in [1.82, 2.24) is 15.4 Å². The molecule has 0 saturated carbocycles. The SMILES string of the molecule is CCc1cc(C(=O)NC(C)C(C)(C)N(C)C)no1. The Balaban J connectivity index is 2.70. The van der Waals surface area contributed by atoms with Crippen LogP contribution in [0.3, 0.4) is 0 Å². The van der Waals surface area contributed by atoms with Crippen molar-refractivity contribution in [3.8, 4) is 0 Å². The van der Waals surface area contributed by atoms with Crippen LogP contribution in [-0.4, -0.2) is 41.6 Å². The van der Waals surface area contributed by atoms with Gasteiger partial charge in [0, 0.05) is 24.1 Å². The summed E-state index contributed by atoms with van der Waals surface area (Å²) in [5.41, 5.74) is 0.209. The molecule has 0 fully saturated rings. The number of amides is 1. The highest BCUT2D eigenvalue weighted by molar-refractivity contribution is 5.92. The Morgan fingerprint density at radius 2 is 2.17 bits per heavy atom. The Hall–Kier alpha value is -1.36. The molecule has 102 valence electrons. The lowest BCUT2D eigenvalue weighted by Gasteiger charge is -2.38. The van der Waals surface area contributed by atoms with E-state index in [1.807, 2.05) is 27.9 Å². The predicted molar refractivity (Wildman–Crippen MR) is 70.6 cm³/mol. The van der Waals surface area contributed by atoms with Crippen molar-refractivity contribution in [2.75, 3.05) is 14.1 Å². The zero-order chi connectivity index (χ0) is 13.9. The molecule has 1 aromatic rings. The van der Waals surface area contributed by atoms with E-state index >= 15 is 0 Å². The zero-order valence-electron chi connectivity index (χ0n) is 12.1. The fourth-order valence-corrected chi connectivity index (χ4v) is 1.42. The number of aryl methyl sites for hydroxylation is 1. The Bertz CT molecular complexity index is 410. The normalized spacial score (nSPS) is 13.7. The highest BCUT2D eigenvalue weighted by Crippen LogP contribution is 2.16. The van der Waals surface area contributed by atoms with Crippen LogP contribution in [0.2, 0.25) is 0 Å². The monoisotopic (exact) mass is 253 g/mol. The number of nitrogens with zero attached hydrogens (tertiary/aromatic N) is 2. The molecule has 0 radical (unpaired) electrons. The molecule has 1 heterocycles. The summed E-state index contributed by atoms with van der Waals surface area (Å²) in [6.45, 7) is 8.11. The molecule has 1 aromatic heterocycles. The molecule has 1 unspecified atom stereocenters. The Morgan fingerprint density at radius 3 is 2.61 bits per heavy atom. The van der Waals surface area contributed by atoms with Crippen molar-refractivity contribution in [3.63, 3.8) is 0 Å². The summed E-state index contributed by atoms with van der Waals surface area (Å²) in [4.78, 5) is 14.1. The molecule has 0 saturated heterocycles. The summed E-state index contributed by atoms with van der Waals surface area (Å²) >= 11 is 0. The largest absolute Gasteiger partial charge is 0.361 e. The van der Waals surface area contributed by atoms with E-state index in [1.54, 1.807) is 6.07 Å². The fraction of sp³-hybridized carbons (Fsp3) is 0.692. The maximum absolute atomic E-state index is 12.0. The van der Waals surface area contributed by atoms with Gasteiger partial charge >= 0.3 is 0 Å². The third-order valence-electron chi connectivity index (χ3n) is 3.70. The number of likely N-dealkylation sites (N-methyl/N-ethyl adjacent to an activating group) is 1. The first-order valence-corrected chi connectivity index (χ1v) is 6.23. The van der Waals surface area contributed by atoms with Crippen LogP contribution in [0.25, 0.3) is 0 Å². The summed E-state index contributed by atoms with van der Waals surface area (Å²) < 4.78 is 5.03. The van der Waals surface area contributed by atoms with E-state index in [1.165, 1.54) is 0 Å². The van der Waals surface area contributed by atoms with Gasteiger partial charge in [0.05, 0.1) is 0 Å². The van der Waals surface area contributed by atoms with Gasteiger partial charge in [-0.1, -0.05) is 12.1 Å². The van der Waals surface area contributed by atoms with E-state index in [-0.39, 0.29) is 17.5 Å². The van der Waals surface area contributed by atoms with E-state index in [2.05, 4.69) is 29.2 Å². The second-order valence-electron chi connectivity index (χ2n) is 5.28. The average molecular weight is 253 g/mol. The van der Waals surface area contributed by atoms with Crippen LogP contribution in [0, 0.1) is 0 Å². The van der Waals surface area contributed by atoms with Gasteiger partial charge in [0.15, 0.2) is 5.69 Å². The van der Waals surface area contributed by atoms with Crippen molar-refractivity contribution < 1.29 is 9.32 Å². The van der Waals surface area contributed by atoms with E-state index in [0.29, 0.717) is 5.69 Å². The Kier molecular flexibility index (Phi) is 4.51. The molecule has 0 aliphatic heterocycles. The number of nitrogens with one attached hydrogen (secondary N) is 1. The predicted octanol–water partition coefficient (Wildman–Crippen LogP) is 1.70. The van der Waals surface area contributed by atoms with Crippen LogP contribution in [0.1, 0.15) is 43.9 Å². The van der Waals surface area contributed by atoms with E-state index in [0.717, 1.165) is 12.2 Å². The van der Waals surface area contributed by atoms with Crippen molar-refractivity contribution in [3.05, 3.63) is 17.5 Å². The van der Waals surface area contributed by atoms with Crippen molar-refractivity contribution in [2.24, 2.45) is 0 Å². The molecule has 0 aliphatic rings.